The van der Waals surface area contributed by atoms with Crippen LogP contribution in [0, 0.1) is 17.8 Å². The first-order valence-corrected chi connectivity index (χ1v) is 11.9. The predicted molar refractivity (Wildman–Crippen MR) is 117 cm³/mol. The molecule has 0 radical (unpaired) electrons. The lowest BCUT2D eigenvalue weighted by molar-refractivity contribution is -0.142. The fraction of sp³-hybridized carbons (Fsp3) is 0.522. The molecular formula is C23H25F3N4OS. The monoisotopic (exact) mass is 462 g/mol. The second-order valence-corrected chi connectivity index (χ2v) is 10.2. The highest BCUT2D eigenvalue weighted by atomic mass is 32.1. The Bertz CT molecular complexity index is 1170. The summed E-state index contributed by atoms with van der Waals surface area (Å²) in [7, 11) is 0. The second-order valence-electron chi connectivity index (χ2n) is 9.04. The first kappa shape index (κ1) is 21.4. The number of aromatic nitrogens is 3. The third kappa shape index (κ3) is 3.80. The molecule has 1 N–H and O–H groups in total. The average Bonchev–Trinajstić information content (AvgIpc) is 3.54. The van der Waals surface area contributed by atoms with Gasteiger partial charge in [0.05, 0.1) is 10.6 Å². The van der Waals surface area contributed by atoms with Crippen LogP contribution in [0.1, 0.15) is 60.6 Å². The summed E-state index contributed by atoms with van der Waals surface area (Å²) in [5.41, 5.74) is -0.740. The highest BCUT2D eigenvalue weighted by Gasteiger charge is 2.42. The molecule has 0 aromatic carbocycles. The molecule has 32 heavy (non-hydrogen) atoms. The normalized spacial score (nSPS) is 23.7. The van der Waals surface area contributed by atoms with Crippen molar-refractivity contribution < 1.29 is 18.0 Å². The van der Waals surface area contributed by atoms with Crippen LogP contribution in [0.4, 0.5) is 13.2 Å². The number of nitrogens with one attached hydrogen (secondary N) is 1. The van der Waals surface area contributed by atoms with Crippen LogP contribution < -0.4 is 5.32 Å². The van der Waals surface area contributed by atoms with Gasteiger partial charge in [-0.1, -0.05) is 13.3 Å². The van der Waals surface area contributed by atoms with Gasteiger partial charge in [-0.3, -0.25) is 4.79 Å². The third-order valence-corrected chi connectivity index (χ3v) is 8.26. The molecular weight excluding hydrogens is 437 g/mol. The largest absolute Gasteiger partial charge is 0.433 e. The van der Waals surface area contributed by atoms with Gasteiger partial charge in [0.1, 0.15) is 0 Å². The number of fused-ring (bicyclic) bond motifs is 3. The van der Waals surface area contributed by atoms with Crippen molar-refractivity contribution in [1.82, 2.24) is 19.9 Å². The number of halogens is 3. The Kier molecular flexibility index (Phi) is 5.27. The number of nitrogens with zero attached hydrogens (tertiary/aromatic N) is 3. The zero-order chi connectivity index (χ0) is 22.6. The number of hydrogen-bond donors (Lipinski definition) is 1. The fourth-order valence-corrected chi connectivity index (χ4v) is 6.32. The van der Waals surface area contributed by atoms with Crippen molar-refractivity contribution in [1.29, 1.82) is 0 Å². The van der Waals surface area contributed by atoms with Gasteiger partial charge in [0.15, 0.2) is 17.0 Å². The van der Waals surface area contributed by atoms with Gasteiger partial charge in [-0.2, -0.15) is 18.3 Å². The number of rotatable bonds is 5. The number of carbonyl (C=O) groups is 1. The standard InChI is InChI=1S/C23H25F3N4OS/c1-3-15-6-7-19(32-15)17-10-20(23(24,25)26)30-21(28-17)11-18(29-30)22(31)27-12(2)16-9-13-4-5-14(16)8-13/h6-7,10-14,16H,3-5,8-9H2,1-2H3,(H,27,31)/t12-,13-,14-,16-/m1/s1. The molecule has 1 amide bonds. The van der Waals surface area contributed by atoms with Gasteiger partial charge in [-0.25, -0.2) is 9.50 Å². The summed E-state index contributed by atoms with van der Waals surface area (Å²) in [5, 5.41) is 6.97. The van der Waals surface area contributed by atoms with Crippen LogP contribution in [0.25, 0.3) is 16.2 Å². The Hall–Kier alpha value is -2.42. The van der Waals surface area contributed by atoms with Gasteiger partial charge in [0.25, 0.3) is 5.91 Å². The van der Waals surface area contributed by atoms with Crippen molar-refractivity contribution in [3.8, 4) is 10.6 Å². The highest BCUT2D eigenvalue weighted by Crippen LogP contribution is 2.49. The summed E-state index contributed by atoms with van der Waals surface area (Å²) in [6.45, 7) is 3.98. The van der Waals surface area contributed by atoms with E-state index in [1.165, 1.54) is 36.7 Å². The van der Waals surface area contributed by atoms with Crippen molar-refractivity contribution in [3.63, 3.8) is 0 Å². The second kappa shape index (κ2) is 7.86. The van der Waals surface area contributed by atoms with E-state index in [1.807, 2.05) is 19.9 Å². The van der Waals surface area contributed by atoms with Gasteiger partial charge in [-0.05, 0) is 68.6 Å². The number of carbonyl (C=O) groups excluding carboxylic acids is 1. The Morgan fingerprint density at radius 2 is 2.09 bits per heavy atom. The van der Waals surface area contributed by atoms with E-state index in [0.29, 0.717) is 16.7 Å². The van der Waals surface area contributed by atoms with E-state index in [0.717, 1.165) is 34.2 Å². The van der Waals surface area contributed by atoms with Crippen molar-refractivity contribution in [2.75, 3.05) is 0 Å². The number of thiophene rings is 1. The first-order chi connectivity index (χ1) is 15.2. The minimum Gasteiger partial charge on any atom is -0.348 e. The molecule has 2 saturated carbocycles. The third-order valence-electron chi connectivity index (χ3n) is 7.01. The summed E-state index contributed by atoms with van der Waals surface area (Å²) in [5.74, 6) is 1.36. The summed E-state index contributed by atoms with van der Waals surface area (Å²) >= 11 is 1.42. The summed E-state index contributed by atoms with van der Waals surface area (Å²) < 4.78 is 42.2. The topological polar surface area (TPSA) is 59.3 Å². The Morgan fingerprint density at radius 1 is 1.28 bits per heavy atom. The molecule has 5 rings (SSSR count). The Balaban J connectivity index is 1.46. The number of aryl methyl sites for hydroxylation is 1. The lowest BCUT2D eigenvalue weighted by Gasteiger charge is -2.28. The summed E-state index contributed by atoms with van der Waals surface area (Å²) in [6, 6.07) is 5.99. The molecule has 2 bridgehead atoms. The summed E-state index contributed by atoms with van der Waals surface area (Å²) in [4.78, 5) is 19.0. The van der Waals surface area contributed by atoms with Crippen LogP contribution >= 0.6 is 11.3 Å². The molecule has 2 aliphatic carbocycles. The van der Waals surface area contributed by atoms with Crippen molar-refractivity contribution >= 4 is 22.9 Å². The molecule has 3 aromatic rings. The van der Waals surface area contributed by atoms with Gasteiger partial charge in [-0.15, -0.1) is 11.3 Å². The SMILES string of the molecule is CCc1ccc(-c2cc(C(F)(F)F)n3nc(C(=O)N[C@H](C)[C@H]4C[C@@H]5CC[C@@H]4C5)cc3n2)s1. The zero-order valence-corrected chi connectivity index (χ0v) is 18.8. The molecule has 3 aromatic heterocycles. The molecule has 9 heteroatoms. The molecule has 0 unspecified atom stereocenters. The maximum absolute atomic E-state index is 13.8. The molecule has 2 fully saturated rings. The van der Waals surface area contributed by atoms with Crippen molar-refractivity contribution in [2.24, 2.45) is 17.8 Å². The minimum atomic E-state index is -4.63. The van der Waals surface area contributed by atoms with E-state index in [1.54, 1.807) is 6.07 Å². The smallest absolute Gasteiger partial charge is 0.348 e. The molecule has 4 atom stereocenters. The first-order valence-electron chi connectivity index (χ1n) is 11.1. The predicted octanol–water partition coefficient (Wildman–Crippen LogP) is 5.59. The van der Waals surface area contributed by atoms with Crippen molar-refractivity contribution in [3.05, 3.63) is 40.5 Å². The van der Waals surface area contributed by atoms with Gasteiger partial charge in [0, 0.05) is 17.0 Å². The van der Waals surface area contributed by atoms with Crippen LogP contribution in [-0.2, 0) is 12.6 Å². The van der Waals surface area contributed by atoms with E-state index in [4.69, 9.17) is 0 Å². The van der Waals surface area contributed by atoms with E-state index >= 15 is 0 Å². The molecule has 0 saturated heterocycles. The molecule has 170 valence electrons. The molecule has 5 nitrogen and oxygen atoms in total. The van der Waals surface area contributed by atoms with Gasteiger partial charge in [0.2, 0.25) is 0 Å². The zero-order valence-electron chi connectivity index (χ0n) is 17.9. The van der Waals surface area contributed by atoms with Crippen LogP contribution in [0.15, 0.2) is 24.3 Å². The van der Waals surface area contributed by atoms with Crippen LogP contribution in [0.5, 0.6) is 0 Å². The van der Waals surface area contributed by atoms with E-state index in [-0.39, 0.29) is 23.1 Å². The molecule has 2 aliphatic rings. The van der Waals surface area contributed by atoms with Gasteiger partial charge < -0.3 is 5.32 Å². The molecule has 0 spiro atoms. The van der Waals surface area contributed by atoms with Gasteiger partial charge >= 0.3 is 6.18 Å². The van der Waals surface area contributed by atoms with Crippen molar-refractivity contribution in [2.45, 2.75) is 58.2 Å². The maximum Gasteiger partial charge on any atom is 0.433 e. The van der Waals surface area contributed by atoms with E-state index in [2.05, 4.69) is 15.4 Å². The maximum atomic E-state index is 13.8. The van der Waals surface area contributed by atoms with E-state index < -0.39 is 17.8 Å². The Morgan fingerprint density at radius 3 is 2.72 bits per heavy atom. The quantitative estimate of drug-likeness (QED) is 0.537. The molecule has 0 aliphatic heterocycles. The van der Waals surface area contributed by atoms with E-state index in [9.17, 15) is 18.0 Å². The van der Waals surface area contributed by atoms with Crippen LogP contribution in [-0.4, -0.2) is 26.5 Å². The number of alkyl halides is 3. The molecule has 3 heterocycles. The van der Waals surface area contributed by atoms with Crippen LogP contribution in [0.2, 0.25) is 0 Å². The average molecular weight is 463 g/mol. The number of hydrogen-bond acceptors (Lipinski definition) is 4. The number of amides is 1. The van der Waals surface area contributed by atoms with Crippen LogP contribution in [0.3, 0.4) is 0 Å². The lowest BCUT2D eigenvalue weighted by Crippen LogP contribution is -2.40. The lowest BCUT2D eigenvalue weighted by atomic mass is 9.84. The Labute approximate surface area is 188 Å². The summed E-state index contributed by atoms with van der Waals surface area (Å²) in [6.07, 6.45) is 0.985. The fourth-order valence-electron chi connectivity index (χ4n) is 5.41. The minimum absolute atomic E-state index is 0.0130. The highest BCUT2D eigenvalue weighted by molar-refractivity contribution is 7.15.